The minimum Gasteiger partial charge on any atom is -0.422 e. The fraction of sp³-hybridized carbons (Fsp3) is 0. The highest BCUT2D eigenvalue weighted by atomic mass is 79.9. The van der Waals surface area contributed by atoms with E-state index >= 15 is 0 Å². The van der Waals surface area contributed by atoms with Gasteiger partial charge in [0, 0.05) is 25.1 Å². The number of anilines is 1. The van der Waals surface area contributed by atoms with Crippen LogP contribution in [0, 0.1) is 0 Å². The zero-order valence-corrected chi connectivity index (χ0v) is 24.4. The molecular weight excluding hydrogens is 673 g/mol. The first-order valence-corrected chi connectivity index (χ1v) is 13.5. The summed E-state index contributed by atoms with van der Waals surface area (Å²) in [5.41, 5.74) is 3.94. The summed E-state index contributed by atoms with van der Waals surface area (Å²) < 4.78 is 7.06. The molecule has 0 unspecified atom stereocenters. The van der Waals surface area contributed by atoms with Crippen molar-refractivity contribution in [3.63, 3.8) is 0 Å². The lowest BCUT2D eigenvalue weighted by atomic mass is 10.1. The first-order valence-electron chi connectivity index (χ1n) is 11.2. The summed E-state index contributed by atoms with van der Waals surface area (Å²) in [6.07, 6.45) is 1.33. The predicted molar refractivity (Wildman–Crippen MR) is 159 cm³/mol. The molecule has 4 aromatic rings. The van der Waals surface area contributed by atoms with E-state index in [0.29, 0.717) is 26.3 Å². The van der Waals surface area contributed by atoms with E-state index in [2.05, 4.69) is 47.7 Å². The van der Waals surface area contributed by atoms with Crippen molar-refractivity contribution in [2.75, 3.05) is 5.32 Å². The second-order valence-corrected chi connectivity index (χ2v) is 10.6. The van der Waals surface area contributed by atoms with Crippen LogP contribution in [0.3, 0.4) is 0 Å². The molecule has 4 rings (SSSR count). The SMILES string of the molecule is O=C(Nc1ccccc1C(=O)N/N=C\c1cc(Br)ccc1OC(=O)c1ccc(Cl)cc1Cl)c1ccc(Br)cc1. The first kappa shape index (κ1) is 28.5. The fourth-order valence-corrected chi connectivity index (χ4v) is 4.46. The molecule has 2 N–H and O–H groups in total. The van der Waals surface area contributed by atoms with Gasteiger partial charge in [0.15, 0.2) is 0 Å². The number of halogens is 4. The lowest BCUT2D eigenvalue weighted by molar-refractivity contribution is 0.0734. The van der Waals surface area contributed by atoms with Crippen LogP contribution in [0.5, 0.6) is 5.75 Å². The third kappa shape index (κ3) is 7.54. The van der Waals surface area contributed by atoms with Crippen LogP contribution >= 0.6 is 55.1 Å². The lowest BCUT2D eigenvalue weighted by Crippen LogP contribution is -2.21. The molecule has 0 aliphatic rings. The molecule has 2 amide bonds. The van der Waals surface area contributed by atoms with Gasteiger partial charge < -0.3 is 10.1 Å². The van der Waals surface area contributed by atoms with Gasteiger partial charge in [-0.3, -0.25) is 9.59 Å². The molecule has 0 aromatic heterocycles. The second kappa shape index (κ2) is 13.0. The Kier molecular flexibility index (Phi) is 9.53. The second-order valence-electron chi connectivity index (χ2n) is 7.90. The number of carbonyl (C=O) groups is 3. The third-order valence-electron chi connectivity index (χ3n) is 5.22. The van der Waals surface area contributed by atoms with Gasteiger partial charge in [0.25, 0.3) is 11.8 Å². The van der Waals surface area contributed by atoms with Gasteiger partial charge in [-0.2, -0.15) is 5.10 Å². The summed E-state index contributed by atoms with van der Waals surface area (Å²) in [5, 5.41) is 7.30. The number of hydrogen-bond donors (Lipinski definition) is 2. The predicted octanol–water partition coefficient (Wildman–Crippen LogP) is 7.75. The molecule has 0 spiro atoms. The Hall–Kier alpha value is -3.50. The average Bonchev–Trinajstić information content (AvgIpc) is 2.90. The Balaban J connectivity index is 1.48. The van der Waals surface area contributed by atoms with Gasteiger partial charge in [-0.25, -0.2) is 10.2 Å². The zero-order chi connectivity index (χ0) is 27.9. The largest absolute Gasteiger partial charge is 0.422 e. The van der Waals surface area contributed by atoms with Crippen LogP contribution in [-0.4, -0.2) is 24.0 Å². The monoisotopic (exact) mass is 687 g/mol. The number of amides is 2. The number of hydrazone groups is 1. The summed E-state index contributed by atoms with van der Waals surface area (Å²) in [5.74, 6) is -1.42. The Morgan fingerprint density at radius 3 is 2.26 bits per heavy atom. The van der Waals surface area contributed by atoms with Crippen molar-refractivity contribution in [1.29, 1.82) is 0 Å². The third-order valence-corrected chi connectivity index (χ3v) is 6.79. The number of para-hydroxylation sites is 1. The summed E-state index contributed by atoms with van der Waals surface area (Å²) in [6, 6.07) is 22.7. The van der Waals surface area contributed by atoms with Crippen LogP contribution in [0.2, 0.25) is 10.0 Å². The number of hydrogen-bond acceptors (Lipinski definition) is 5. The molecule has 4 aromatic carbocycles. The number of ether oxygens (including phenoxy) is 1. The molecule has 0 fully saturated rings. The van der Waals surface area contributed by atoms with Crippen molar-refractivity contribution in [3.05, 3.63) is 126 Å². The van der Waals surface area contributed by atoms with Crippen molar-refractivity contribution < 1.29 is 19.1 Å². The first-order chi connectivity index (χ1) is 18.7. The number of nitrogens with zero attached hydrogens (tertiary/aromatic N) is 1. The Bertz CT molecular complexity index is 1590. The van der Waals surface area contributed by atoms with E-state index in [1.165, 1.54) is 24.4 Å². The van der Waals surface area contributed by atoms with E-state index in [9.17, 15) is 14.4 Å². The number of nitrogens with one attached hydrogen (secondary N) is 2. The number of carbonyl (C=O) groups excluding carboxylic acids is 3. The van der Waals surface area contributed by atoms with Gasteiger partial charge in [-0.1, -0.05) is 67.2 Å². The van der Waals surface area contributed by atoms with Crippen LogP contribution in [0.25, 0.3) is 0 Å². The molecule has 0 heterocycles. The number of benzene rings is 4. The van der Waals surface area contributed by atoms with Crippen LogP contribution in [0.15, 0.2) is 99.0 Å². The highest BCUT2D eigenvalue weighted by molar-refractivity contribution is 9.10. The number of esters is 1. The van der Waals surface area contributed by atoms with Crippen LogP contribution in [-0.2, 0) is 0 Å². The molecule has 0 bridgehead atoms. The van der Waals surface area contributed by atoms with Gasteiger partial charge in [-0.05, 0) is 72.8 Å². The minimum absolute atomic E-state index is 0.141. The Morgan fingerprint density at radius 1 is 0.795 bits per heavy atom. The van der Waals surface area contributed by atoms with E-state index in [-0.39, 0.29) is 27.8 Å². The van der Waals surface area contributed by atoms with E-state index in [1.54, 1.807) is 66.7 Å². The van der Waals surface area contributed by atoms with E-state index in [1.807, 2.05) is 0 Å². The highest BCUT2D eigenvalue weighted by Gasteiger charge is 2.16. The lowest BCUT2D eigenvalue weighted by Gasteiger charge is -2.11. The Morgan fingerprint density at radius 2 is 1.51 bits per heavy atom. The normalized spacial score (nSPS) is 10.8. The summed E-state index contributed by atoms with van der Waals surface area (Å²) in [6.45, 7) is 0. The molecule has 0 radical (unpaired) electrons. The molecule has 0 saturated carbocycles. The maximum absolute atomic E-state index is 12.9. The van der Waals surface area contributed by atoms with Crippen molar-refractivity contribution in [3.8, 4) is 5.75 Å². The van der Waals surface area contributed by atoms with Crippen molar-refractivity contribution in [1.82, 2.24) is 5.43 Å². The fourth-order valence-electron chi connectivity index (χ4n) is 3.33. The van der Waals surface area contributed by atoms with Gasteiger partial charge in [0.2, 0.25) is 0 Å². The summed E-state index contributed by atoms with van der Waals surface area (Å²) in [7, 11) is 0. The molecule has 0 saturated heterocycles. The van der Waals surface area contributed by atoms with Gasteiger partial charge in [0.05, 0.1) is 28.1 Å². The van der Waals surface area contributed by atoms with Crippen LogP contribution in [0.4, 0.5) is 5.69 Å². The van der Waals surface area contributed by atoms with Crippen LogP contribution < -0.4 is 15.5 Å². The summed E-state index contributed by atoms with van der Waals surface area (Å²) in [4.78, 5) is 38.2. The van der Waals surface area contributed by atoms with Gasteiger partial charge in [-0.15, -0.1) is 0 Å². The van der Waals surface area contributed by atoms with Gasteiger partial charge in [0.1, 0.15) is 5.75 Å². The highest BCUT2D eigenvalue weighted by Crippen LogP contribution is 2.26. The topological polar surface area (TPSA) is 96.9 Å². The summed E-state index contributed by atoms with van der Waals surface area (Å²) >= 11 is 18.7. The maximum Gasteiger partial charge on any atom is 0.345 e. The maximum atomic E-state index is 12.9. The van der Waals surface area contributed by atoms with Crippen molar-refractivity contribution >= 4 is 84.7 Å². The Labute approximate surface area is 250 Å². The molecule has 0 atom stereocenters. The molecule has 196 valence electrons. The smallest absolute Gasteiger partial charge is 0.345 e. The van der Waals surface area contributed by atoms with E-state index < -0.39 is 11.9 Å². The standard InChI is InChI=1S/C28H17Br2Cl2N3O4/c29-18-7-5-16(6-8-18)26(36)34-24-4-2-1-3-22(24)27(37)35-33-15-17-13-19(30)9-12-25(17)39-28(38)21-11-10-20(31)14-23(21)32/h1-15H,(H,34,36)(H,35,37)/b33-15-. The van der Waals surface area contributed by atoms with E-state index in [0.717, 1.165) is 4.47 Å². The van der Waals surface area contributed by atoms with Gasteiger partial charge >= 0.3 is 5.97 Å². The van der Waals surface area contributed by atoms with Crippen molar-refractivity contribution in [2.45, 2.75) is 0 Å². The molecule has 7 nitrogen and oxygen atoms in total. The van der Waals surface area contributed by atoms with Crippen molar-refractivity contribution in [2.24, 2.45) is 5.10 Å². The zero-order valence-electron chi connectivity index (χ0n) is 19.8. The average molecular weight is 690 g/mol. The molecule has 0 aliphatic heterocycles. The molecule has 0 aliphatic carbocycles. The van der Waals surface area contributed by atoms with E-state index in [4.69, 9.17) is 27.9 Å². The quantitative estimate of drug-likeness (QED) is 0.0898. The molecular formula is C28H17Br2Cl2N3O4. The molecule has 39 heavy (non-hydrogen) atoms. The minimum atomic E-state index is -0.687. The van der Waals surface area contributed by atoms with Crippen LogP contribution in [0.1, 0.15) is 36.6 Å². The molecule has 11 heteroatoms. The number of rotatable bonds is 7.